The molecule has 4 rings (SSSR count). The highest BCUT2D eigenvalue weighted by atomic mass is 35.5. The number of hydrogen-bond acceptors (Lipinski definition) is 4. The van der Waals surface area contributed by atoms with Crippen molar-refractivity contribution in [3.63, 3.8) is 0 Å². The molecule has 0 unspecified atom stereocenters. The summed E-state index contributed by atoms with van der Waals surface area (Å²) in [4.78, 5) is 22.9. The van der Waals surface area contributed by atoms with E-state index in [4.69, 9.17) is 16.0 Å². The molecule has 5 nitrogen and oxygen atoms in total. The number of nitrogens with zero attached hydrogens (tertiary/aromatic N) is 1. The number of non-ortho nitro benzene ring substituents is 1. The summed E-state index contributed by atoms with van der Waals surface area (Å²) >= 11 is 6.15. The van der Waals surface area contributed by atoms with Crippen molar-refractivity contribution in [3.8, 4) is 11.3 Å². The summed E-state index contributed by atoms with van der Waals surface area (Å²) in [6.45, 7) is 0. The SMILES string of the molecule is O=C1/C(=C/c2ccc(-c3cc([N+](=O)[O-])ccc3Cl)o2)Cc2ccccc21. The molecule has 0 saturated carbocycles. The summed E-state index contributed by atoms with van der Waals surface area (Å²) in [6, 6.07) is 15.1. The standard InChI is InChI=1S/C20H12ClNO4/c21-18-7-5-14(22(24)25)11-17(18)19-8-6-15(26-19)10-13-9-12-3-1-2-4-16(12)20(13)23/h1-8,10-11H,9H2/b13-10+. The summed E-state index contributed by atoms with van der Waals surface area (Å²) in [5.74, 6) is 0.902. The van der Waals surface area contributed by atoms with E-state index < -0.39 is 4.92 Å². The Morgan fingerprint density at radius 2 is 1.88 bits per heavy atom. The molecular formula is C20H12ClNO4. The third-order valence-electron chi connectivity index (χ3n) is 4.30. The fourth-order valence-corrected chi connectivity index (χ4v) is 3.24. The number of ketones is 1. The lowest BCUT2D eigenvalue weighted by atomic mass is 10.1. The van der Waals surface area contributed by atoms with Gasteiger partial charge in [0, 0.05) is 35.3 Å². The molecule has 26 heavy (non-hydrogen) atoms. The number of nitro benzene ring substituents is 1. The summed E-state index contributed by atoms with van der Waals surface area (Å²) in [5, 5.41) is 11.3. The zero-order valence-corrected chi connectivity index (χ0v) is 14.2. The zero-order valence-electron chi connectivity index (χ0n) is 13.4. The summed E-state index contributed by atoms with van der Waals surface area (Å²) in [7, 11) is 0. The first-order valence-electron chi connectivity index (χ1n) is 7.90. The number of allylic oxidation sites excluding steroid dienone is 1. The molecule has 6 heteroatoms. The summed E-state index contributed by atoms with van der Waals surface area (Å²) in [5.41, 5.74) is 2.73. The zero-order chi connectivity index (χ0) is 18.3. The molecule has 0 aliphatic heterocycles. The smallest absolute Gasteiger partial charge is 0.270 e. The molecule has 3 aromatic rings. The van der Waals surface area contributed by atoms with Crippen LogP contribution in [0, 0.1) is 10.1 Å². The van der Waals surface area contributed by atoms with Crippen LogP contribution in [0.4, 0.5) is 5.69 Å². The van der Waals surface area contributed by atoms with Gasteiger partial charge in [-0.25, -0.2) is 0 Å². The lowest BCUT2D eigenvalue weighted by molar-refractivity contribution is -0.384. The van der Waals surface area contributed by atoms with Gasteiger partial charge in [0.2, 0.25) is 0 Å². The predicted octanol–water partition coefficient (Wildman–Crippen LogP) is 5.33. The Morgan fingerprint density at radius 1 is 1.08 bits per heavy atom. The maximum Gasteiger partial charge on any atom is 0.270 e. The van der Waals surface area contributed by atoms with E-state index in [1.807, 2.05) is 24.3 Å². The van der Waals surface area contributed by atoms with Gasteiger partial charge < -0.3 is 4.42 Å². The van der Waals surface area contributed by atoms with Gasteiger partial charge in [0.15, 0.2) is 5.78 Å². The van der Waals surface area contributed by atoms with E-state index in [9.17, 15) is 14.9 Å². The topological polar surface area (TPSA) is 73.3 Å². The Kier molecular flexibility index (Phi) is 3.93. The number of furan rings is 1. The van der Waals surface area contributed by atoms with E-state index in [0.29, 0.717) is 39.7 Å². The van der Waals surface area contributed by atoms with Crippen LogP contribution in [0.3, 0.4) is 0 Å². The third-order valence-corrected chi connectivity index (χ3v) is 4.63. The van der Waals surface area contributed by atoms with Gasteiger partial charge in [-0.05, 0) is 29.8 Å². The van der Waals surface area contributed by atoms with Crippen LogP contribution in [0.5, 0.6) is 0 Å². The van der Waals surface area contributed by atoms with E-state index in [1.54, 1.807) is 18.2 Å². The Labute approximate surface area is 153 Å². The van der Waals surface area contributed by atoms with Crippen molar-refractivity contribution < 1.29 is 14.1 Å². The first-order valence-corrected chi connectivity index (χ1v) is 8.28. The monoisotopic (exact) mass is 365 g/mol. The van der Waals surface area contributed by atoms with E-state index >= 15 is 0 Å². The van der Waals surface area contributed by atoms with E-state index in [-0.39, 0.29) is 11.5 Å². The molecule has 0 atom stereocenters. The number of rotatable bonds is 3. The Morgan fingerprint density at radius 3 is 2.65 bits per heavy atom. The van der Waals surface area contributed by atoms with Gasteiger partial charge in [0.25, 0.3) is 5.69 Å². The quantitative estimate of drug-likeness (QED) is 0.357. The van der Waals surface area contributed by atoms with Gasteiger partial charge in [-0.1, -0.05) is 35.9 Å². The number of carbonyl (C=O) groups excluding carboxylic acids is 1. The number of hydrogen-bond donors (Lipinski definition) is 0. The average molecular weight is 366 g/mol. The van der Waals surface area contributed by atoms with Crippen molar-refractivity contribution in [3.05, 3.63) is 92.2 Å². The van der Waals surface area contributed by atoms with Crippen molar-refractivity contribution in [2.24, 2.45) is 0 Å². The second kappa shape index (κ2) is 6.28. The minimum atomic E-state index is -0.486. The molecule has 0 saturated heterocycles. The molecule has 1 aromatic heterocycles. The maximum absolute atomic E-state index is 12.4. The molecule has 128 valence electrons. The number of nitro groups is 1. The third kappa shape index (κ3) is 2.82. The molecule has 0 fully saturated rings. The van der Waals surface area contributed by atoms with Crippen molar-refractivity contribution in [1.82, 2.24) is 0 Å². The molecular weight excluding hydrogens is 354 g/mol. The molecule has 0 amide bonds. The van der Waals surface area contributed by atoms with Crippen LogP contribution >= 0.6 is 11.6 Å². The van der Waals surface area contributed by atoms with Crippen LogP contribution in [-0.4, -0.2) is 10.7 Å². The molecule has 0 radical (unpaired) electrons. The minimum Gasteiger partial charge on any atom is -0.457 e. The number of halogens is 1. The first-order chi connectivity index (χ1) is 12.5. The second-order valence-electron chi connectivity index (χ2n) is 5.96. The molecule has 2 aromatic carbocycles. The summed E-state index contributed by atoms with van der Waals surface area (Å²) in [6.07, 6.45) is 2.26. The highest BCUT2D eigenvalue weighted by Crippen LogP contribution is 2.34. The number of fused-ring (bicyclic) bond motifs is 1. The van der Waals surface area contributed by atoms with Crippen molar-refractivity contribution in [1.29, 1.82) is 0 Å². The van der Waals surface area contributed by atoms with Gasteiger partial charge in [0.1, 0.15) is 11.5 Å². The Bertz CT molecular complexity index is 1080. The lowest BCUT2D eigenvalue weighted by Gasteiger charge is -2.00. The van der Waals surface area contributed by atoms with Crippen molar-refractivity contribution in [2.75, 3.05) is 0 Å². The first kappa shape index (κ1) is 16.3. The molecule has 0 bridgehead atoms. The molecule has 1 aliphatic carbocycles. The van der Waals surface area contributed by atoms with Crippen LogP contribution in [0.2, 0.25) is 5.02 Å². The summed E-state index contributed by atoms with van der Waals surface area (Å²) < 4.78 is 5.76. The lowest BCUT2D eigenvalue weighted by Crippen LogP contribution is -1.94. The predicted molar refractivity (Wildman–Crippen MR) is 98.3 cm³/mol. The minimum absolute atomic E-state index is 0.00747. The molecule has 0 N–H and O–H groups in total. The van der Waals surface area contributed by atoms with Crippen molar-refractivity contribution in [2.45, 2.75) is 6.42 Å². The van der Waals surface area contributed by atoms with Crippen LogP contribution in [0.15, 0.2) is 64.6 Å². The second-order valence-corrected chi connectivity index (χ2v) is 6.36. The van der Waals surface area contributed by atoms with Crippen LogP contribution in [-0.2, 0) is 6.42 Å². The number of Topliss-reactive ketones (excluding diaryl/α,β-unsaturated/α-hetero) is 1. The molecule has 1 aliphatic rings. The fourth-order valence-electron chi connectivity index (χ4n) is 3.03. The number of benzene rings is 2. The van der Waals surface area contributed by atoms with Crippen LogP contribution in [0.25, 0.3) is 17.4 Å². The highest BCUT2D eigenvalue weighted by Gasteiger charge is 2.24. The average Bonchev–Trinajstić information content (AvgIpc) is 3.21. The van der Waals surface area contributed by atoms with E-state index in [0.717, 1.165) is 5.56 Å². The van der Waals surface area contributed by atoms with Gasteiger partial charge in [-0.3, -0.25) is 14.9 Å². The fraction of sp³-hybridized carbons (Fsp3) is 0.0500. The van der Waals surface area contributed by atoms with Gasteiger partial charge in [-0.2, -0.15) is 0 Å². The van der Waals surface area contributed by atoms with Crippen LogP contribution < -0.4 is 0 Å². The van der Waals surface area contributed by atoms with Gasteiger partial charge in [-0.15, -0.1) is 0 Å². The maximum atomic E-state index is 12.4. The van der Waals surface area contributed by atoms with Gasteiger partial charge >= 0.3 is 0 Å². The normalized spacial score (nSPS) is 14.7. The highest BCUT2D eigenvalue weighted by molar-refractivity contribution is 6.33. The Balaban J connectivity index is 1.67. The van der Waals surface area contributed by atoms with E-state index in [1.165, 1.54) is 18.2 Å². The van der Waals surface area contributed by atoms with Gasteiger partial charge in [0.05, 0.1) is 9.95 Å². The molecule has 0 spiro atoms. The van der Waals surface area contributed by atoms with E-state index in [2.05, 4.69) is 0 Å². The van der Waals surface area contributed by atoms with Crippen LogP contribution in [0.1, 0.15) is 21.7 Å². The number of carbonyl (C=O) groups is 1. The largest absolute Gasteiger partial charge is 0.457 e. The van der Waals surface area contributed by atoms with Crippen molar-refractivity contribution >= 4 is 29.1 Å². The molecule has 1 heterocycles. The Hall–Kier alpha value is -3.18.